The summed E-state index contributed by atoms with van der Waals surface area (Å²) in [5, 5.41) is 10.4. The lowest BCUT2D eigenvalue weighted by molar-refractivity contribution is -0.153. The Bertz CT molecular complexity index is 2040. The largest absolute Gasteiger partial charge is 0.494 e. The molecule has 4 aromatic carbocycles. The number of nitrogens with zero attached hydrogens (tertiary/aromatic N) is 1. The van der Waals surface area contributed by atoms with Gasteiger partial charge in [0.2, 0.25) is 5.76 Å². The van der Waals surface area contributed by atoms with Crippen molar-refractivity contribution in [3.8, 4) is 0 Å². The molecule has 52 heavy (non-hydrogen) atoms. The molecule has 0 saturated carbocycles. The van der Waals surface area contributed by atoms with Crippen molar-refractivity contribution in [2.75, 3.05) is 0 Å². The van der Waals surface area contributed by atoms with E-state index < -0.39 is 42.1 Å². The van der Waals surface area contributed by atoms with E-state index in [-0.39, 0.29) is 24.8 Å². The van der Waals surface area contributed by atoms with Gasteiger partial charge < -0.3 is 23.7 Å². The SMILES string of the molecule is C[C@@H](C(=O)O)c1cccc(Br)c1.Cc1ccc2ccccc2c1C(=O)N(Cc1ccc(B2OC(C)(C)C(C)(C)O2)cc1)Cc1ccc(C(F)(F)F)o1. The van der Waals surface area contributed by atoms with Crippen LogP contribution in [0.4, 0.5) is 13.2 Å². The molecule has 1 amide bonds. The summed E-state index contributed by atoms with van der Waals surface area (Å²) in [6, 6.07) is 28.4. The summed E-state index contributed by atoms with van der Waals surface area (Å²) in [5.74, 6) is -2.58. The first-order valence-corrected chi connectivity index (χ1v) is 17.5. The van der Waals surface area contributed by atoms with E-state index in [9.17, 15) is 22.8 Å². The second-order valence-electron chi connectivity index (χ2n) is 13.8. The maximum absolute atomic E-state index is 14.0. The van der Waals surface area contributed by atoms with Crippen molar-refractivity contribution in [1.29, 1.82) is 0 Å². The third kappa shape index (κ3) is 8.79. The fourth-order valence-electron chi connectivity index (χ4n) is 5.72. The summed E-state index contributed by atoms with van der Waals surface area (Å²) in [5.41, 5.74) is 2.79. The Morgan fingerprint density at radius 2 is 1.52 bits per heavy atom. The number of carboxylic acids is 1. The van der Waals surface area contributed by atoms with Gasteiger partial charge in [-0.1, -0.05) is 88.7 Å². The molecule has 1 N–H and O–H groups in total. The van der Waals surface area contributed by atoms with Crippen LogP contribution >= 0.6 is 15.9 Å². The van der Waals surface area contributed by atoms with Gasteiger partial charge in [0.1, 0.15) is 5.76 Å². The molecule has 272 valence electrons. The summed E-state index contributed by atoms with van der Waals surface area (Å²) in [6.45, 7) is 11.5. The average Bonchev–Trinajstić information content (AvgIpc) is 3.65. The van der Waals surface area contributed by atoms with Gasteiger partial charge in [0.25, 0.3) is 5.91 Å². The topological polar surface area (TPSA) is 89.2 Å². The van der Waals surface area contributed by atoms with Crippen LogP contribution in [0, 0.1) is 6.92 Å². The quantitative estimate of drug-likeness (QED) is 0.158. The van der Waals surface area contributed by atoms with E-state index >= 15 is 0 Å². The minimum absolute atomic E-state index is 0.0485. The third-order valence-electron chi connectivity index (χ3n) is 9.52. The van der Waals surface area contributed by atoms with E-state index in [0.29, 0.717) is 5.56 Å². The normalized spacial score (nSPS) is 15.5. The molecule has 5 aromatic rings. The van der Waals surface area contributed by atoms with Crippen LogP contribution in [-0.2, 0) is 33.4 Å². The predicted molar refractivity (Wildman–Crippen MR) is 198 cm³/mol. The lowest BCUT2D eigenvalue weighted by Gasteiger charge is -2.32. The predicted octanol–water partition coefficient (Wildman–Crippen LogP) is 9.54. The Morgan fingerprint density at radius 1 is 0.865 bits per heavy atom. The number of hydrogen-bond donors (Lipinski definition) is 1. The molecule has 0 unspecified atom stereocenters. The Morgan fingerprint density at radius 3 is 2.12 bits per heavy atom. The van der Waals surface area contributed by atoms with Gasteiger partial charge in [-0.15, -0.1) is 0 Å². The Hall–Kier alpha value is -4.39. The van der Waals surface area contributed by atoms with Gasteiger partial charge in [-0.25, -0.2) is 0 Å². The smallest absolute Gasteiger partial charge is 0.481 e. The van der Waals surface area contributed by atoms with Crippen molar-refractivity contribution in [2.24, 2.45) is 0 Å². The third-order valence-corrected chi connectivity index (χ3v) is 10.0. The number of aryl methyl sites for hydroxylation is 1. The first-order valence-electron chi connectivity index (χ1n) is 16.7. The molecule has 1 atom stereocenters. The number of carbonyl (C=O) groups is 2. The molecule has 12 heteroatoms. The van der Waals surface area contributed by atoms with Crippen LogP contribution in [-0.4, -0.2) is 40.2 Å². The molecular formula is C40H40BBrF3NO6. The van der Waals surface area contributed by atoms with E-state index in [1.165, 1.54) is 11.0 Å². The summed E-state index contributed by atoms with van der Waals surface area (Å²) in [6.07, 6.45) is -4.61. The number of rotatable bonds is 8. The Balaban J connectivity index is 0.000000370. The highest BCUT2D eigenvalue weighted by atomic mass is 79.9. The number of carboxylic acid groups (broad SMARTS) is 1. The van der Waals surface area contributed by atoms with Crippen molar-refractivity contribution in [2.45, 2.75) is 77.9 Å². The zero-order valence-corrected chi connectivity index (χ0v) is 31.3. The van der Waals surface area contributed by atoms with Crippen LogP contribution in [0.1, 0.15) is 79.1 Å². The van der Waals surface area contributed by atoms with Crippen molar-refractivity contribution < 1.29 is 41.6 Å². The van der Waals surface area contributed by atoms with Crippen molar-refractivity contribution >= 4 is 51.2 Å². The maximum atomic E-state index is 14.0. The summed E-state index contributed by atoms with van der Waals surface area (Å²) < 4.78 is 57.9. The van der Waals surface area contributed by atoms with Crippen LogP contribution in [0.25, 0.3) is 10.8 Å². The molecule has 0 radical (unpaired) electrons. The molecule has 1 fully saturated rings. The van der Waals surface area contributed by atoms with Crippen LogP contribution in [0.2, 0.25) is 0 Å². The lowest BCUT2D eigenvalue weighted by Crippen LogP contribution is -2.41. The van der Waals surface area contributed by atoms with Gasteiger partial charge in [0.05, 0.1) is 29.2 Å². The number of fused-ring (bicyclic) bond motifs is 1. The number of benzene rings is 4. The van der Waals surface area contributed by atoms with Crippen LogP contribution in [0.3, 0.4) is 0 Å². The highest BCUT2D eigenvalue weighted by molar-refractivity contribution is 9.10. The summed E-state index contributed by atoms with van der Waals surface area (Å²) in [7, 11) is -0.529. The van der Waals surface area contributed by atoms with Gasteiger partial charge in [0, 0.05) is 11.0 Å². The average molecular weight is 778 g/mol. The molecule has 0 bridgehead atoms. The number of furan rings is 1. The first-order chi connectivity index (χ1) is 24.4. The molecule has 1 aliphatic rings. The molecule has 0 spiro atoms. The zero-order valence-electron chi connectivity index (χ0n) is 29.8. The number of amides is 1. The lowest BCUT2D eigenvalue weighted by atomic mass is 9.79. The fraction of sp³-hybridized carbons (Fsp3) is 0.300. The van der Waals surface area contributed by atoms with Crippen LogP contribution in [0.5, 0.6) is 0 Å². The second kappa shape index (κ2) is 15.3. The maximum Gasteiger partial charge on any atom is 0.494 e. The standard InChI is InChI=1S/C31H31BF3NO4.C9H9BrO2/c1-20-10-13-22-8-6-7-9-25(22)27(20)28(37)36(19-24-16-17-26(38-24)31(33,34)35)18-21-11-14-23(15-12-21)32-39-29(2,3)30(4,5)40-32;1-6(9(11)12)7-3-2-4-8(10)5-7/h6-17H,18-19H2,1-5H3;2-6H,1H3,(H,11,12)/t;6-/m.1/s1. The van der Waals surface area contributed by atoms with E-state index in [1.807, 2.05) is 120 Å². The van der Waals surface area contributed by atoms with Crippen LogP contribution < -0.4 is 5.46 Å². The fourth-order valence-corrected chi connectivity index (χ4v) is 6.14. The molecular weight excluding hydrogens is 738 g/mol. The second-order valence-corrected chi connectivity index (χ2v) is 14.8. The van der Waals surface area contributed by atoms with Gasteiger partial charge in [-0.3, -0.25) is 9.59 Å². The highest BCUT2D eigenvalue weighted by Gasteiger charge is 2.51. The molecule has 6 rings (SSSR count). The molecule has 1 saturated heterocycles. The molecule has 1 aliphatic heterocycles. The van der Waals surface area contributed by atoms with E-state index in [1.54, 1.807) is 6.92 Å². The van der Waals surface area contributed by atoms with E-state index in [4.69, 9.17) is 18.8 Å². The summed E-state index contributed by atoms with van der Waals surface area (Å²) in [4.78, 5) is 26.1. The number of halogens is 4. The minimum atomic E-state index is -4.61. The molecule has 2 heterocycles. The molecule has 0 aliphatic carbocycles. The Labute approximate surface area is 310 Å². The van der Waals surface area contributed by atoms with Crippen LogP contribution in [0.15, 0.2) is 106 Å². The number of hydrogen-bond acceptors (Lipinski definition) is 5. The Kier molecular flexibility index (Phi) is 11.4. The van der Waals surface area contributed by atoms with Gasteiger partial charge >= 0.3 is 19.3 Å². The van der Waals surface area contributed by atoms with E-state index in [2.05, 4.69) is 15.9 Å². The molecule has 7 nitrogen and oxygen atoms in total. The monoisotopic (exact) mass is 777 g/mol. The first kappa shape index (κ1) is 38.8. The van der Waals surface area contributed by atoms with Crippen molar-refractivity contribution in [3.05, 3.63) is 135 Å². The number of alkyl halides is 3. The zero-order chi connectivity index (χ0) is 38.0. The highest BCUT2D eigenvalue weighted by Crippen LogP contribution is 2.37. The molecule has 1 aromatic heterocycles. The summed E-state index contributed by atoms with van der Waals surface area (Å²) >= 11 is 3.29. The van der Waals surface area contributed by atoms with Gasteiger partial charge in [0.15, 0.2) is 0 Å². The minimum Gasteiger partial charge on any atom is -0.481 e. The van der Waals surface area contributed by atoms with Gasteiger partial charge in [-0.05, 0) is 98.7 Å². The number of aliphatic carboxylic acids is 1. The number of carbonyl (C=O) groups excluding carboxylic acids is 1. The van der Waals surface area contributed by atoms with Crippen molar-refractivity contribution in [1.82, 2.24) is 4.90 Å². The van der Waals surface area contributed by atoms with E-state index in [0.717, 1.165) is 43.5 Å². The van der Waals surface area contributed by atoms with Gasteiger partial charge in [-0.2, -0.15) is 13.2 Å². The van der Waals surface area contributed by atoms with Crippen molar-refractivity contribution in [3.63, 3.8) is 0 Å².